The van der Waals surface area contributed by atoms with Crippen molar-refractivity contribution in [2.75, 3.05) is 19.8 Å². The standard InChI is InChI=1S/C22H27NO5S2/c1-14-15(2)22-19(12-18-6-4-5-7-20(18)29(22,24)25)16(3)21(14)30(26,27)23-13-17-8-10-28-11-9-17/h4-7,17,23H,8-13H2,1-3H3. The van der Waals surface area contributed by atoms with Gasteiger partial charge in [-0.3, -0.25) is 0 Å². The molecule has 4 rings (SSSR count). The molecule has 2 aliphatic rings. The molecular weight excluding hydrogens is 422 g/mol. The predicted octanol–water partition coefficient (Wildman–Crippen LogP) is 3.05. The average Bonchev–Trinajstić information content (AvgIpc) is 2.71. The summed E-state index contributed by atoms with van der Waals surface area (Å²) in [6.07, 6.45) is 2.07. The number of rotatable bonds is 4. The maximum Gasteiger partial charge on any atom is 0.241 e. The van der Waals surface area contributed by atoms with Gasteiger partial charge < -0.3 is 4.74 Å². The van der Waals surface area contributed by atoms with Crippen molar-refractivity contribution in [3.63, 3.8) is 0 Å². The van der Waals surface area contributed by atoms with E-state index in [0.29, 0.717) is 58.9 Å². The third-order valence-corrected chi connectivity index (χ3v) is 10.1. The molecule has 0 amide bonds. The van der Waals surface area contributed by atoms with Crippen LogP contribution in [0.2, 0.25) is 0 Å². The van der Waals surface area contributed by atoms with Gasteiger partial charge in [-0.15, -0.1) is 0 Å². The van der Waals surface area contributed by atoms with Crippen LogP contribution < -0.4 is 4.72 Å². The normalized spacial score (nSPS) is 18.6. The Morgan fingerprint density at radius 3 is 2.40 bits per heavy atom. The van der Waals surface area contributed by atoms with Crippen molar-refractivity contribution >= 4 is 19.9 Å². The molecule has 0 aromatic heterocycles. The molecule has 6 nitrogen and oxygen atoms in total. The summed E-state index contributed by atoms with van der Waals surface area (Å²) in [7, 11) is -7.48. The van der Waals surface area contributed by atoms with E-state index < -0.39 is 19.9 Å². The minimum atomic E-state index is -3.78. The van der Waals surface area contributed by atoms with Crippen molar-refractivity contribution in [3.05, 3.63) is 52.1 Å². The van der Waals surface area contributed by atoms with Crippen LogP contribution in [0.1, 0.15) is 40.7 Å². The summed E-state index contributed by atoms with van der Waals surface area (Å²) in [4.78, 5) is 0.785. The van der Waals surface area contributed by atoms with E-state index in [1.807, 2.05) is 6.07 Å². The van der Waals surface area contributed by atoms with E-state index in [0.717, 1.165) is 12.8 Å². The van der Waals surface area contributed by atoms with Gasteiger partial charge in [0.15, 0.2) is 0 Å². The van der Waals surface area contributed by atoms with Crippen LogP contribution in [0.4, 0.5) is 0 Å². The fourth-order valence-electron chi connectivity index (χ4n) is 4.60. The lowest BCUT2D eigenvalue weighted by atomic mass is 9.95. The van der Waals surface area contributed by atoms with Crippen LogP contribution in [-0.4, -0.2) is 36.6 Å². The summed E-state index contributed by atoms with van der Waals surface area (Å²) in [5.74, 6) is 0.250. The summed E-state index contributed by atoms with van der Waals surface area (Å²) < 4.78 is 61.3. The van der Waals surface area contributed by atoms with Gasteiger partial charge in [0.2, 0.25) is 19.9 Å². The molecule has 162 valence electrons. The highest BCUT2D eigenvalue weighted by atomic mass is 32.2. The molecule has 0 unspecified atom stereocenters. The second-order valence-electron chi connectivity index (χ2n) is 8.21. The number of ether oxygens (including phenoxy) is 1. The molecule has 1 fully saturated rings. The Balaban J connectivity index is 1.80. The van der Waals surface area contributed by atoms with Gasteiger partial charge in [-0.2, -0.15) is 0 Å². The predicted molar refractivity (Wildman–Crippen MR) is 114 cm³/mol. The van der Waals surface area contributed by atoms with Crippen LogP contribution in [0.3, 0.4) is 0 Å². The molecule has 2 heterocycles. The first-order valence-corrected chi connectivity index (χ1v) is 13.1. The molecule has 2 aliphatic heterocycles. The van der Waals surface area contributed by atoms with Crippen molar-refractivity contribution < 1.29 is 21.6 Å². The van der Waals surface area contributed by atoms with Gasteiger partial charge in [0, 0.05) is 26.2 Å². The molecule has 0 bridgehead atoms. The largest absolute Gasteiger partial charge is 0.381 e. The van der Waals surface area contributed by atoms with Crippen LogP contribution >= 0.6 is 0 Å². The van der Waals surface area contributed by atoms with Crippen LogP contribution in [0.25, 0.3) is 0 Å². The van der Waals surface area contributed by atoms with Crippen LogP contribution in [0.5, 0.6) is 0 Å². The summed E-state index contributed by atoms with van der Waals surface area (Å²) in [5.41, 5.74) is 2.81. The van der Waals surface area contributed by atoms with Crippen molar-refractivity contribution in [1.82, 2.24) is 4.72 Å². The van der Waals surface area contributed by atoms with Crippen molar-refractivity contribution in [2.24, 2.45) is 5.92 Å². The summed E-state index contributed by atoms with van der Waals surface area (Å²) in [6, 6.07) is 6.94. The lowest BCUT2D eigenvalue weighted by molar-refractivity contribution is 0.0678. The highest BCUT2D eigenvalue weighted by molar-refractivity contribution is 7.91. The Labute approximate surface area is 178 Å². The number of sulfone groups is 1. The van der Waals surface area contributed by atoms with E-state index in [1.165, 1.54) is 0 Å². The molecule has 0 radical (unpaired) electrons. The Bertz CT molecular complexity index is 1210. The number of hydrogen-bond acceptors (Lipinski definition) is 5. The Morgan fingerprint density at radius 1 is 1.03 bits per heavy atom. The van der Waals surface area contributed by atoms with Gasteiger partial charge in [-0.25, -0.2) is 21.6 Å². The van der Waals surface area contributed by atoms with E-state index in [4.69, 9.17) is 4.74 Å². The topological polar surface area (TPSA) is 89.5 Å². The lowest BCUT2D eigenvalue weighted by Gasteiger charge is -2.27. The minimum absolute atomic E-state index is 0.209. The Hall–Kier alpha value is -1.74. The molecule has 0 aliphatic carbocycles. The number of sulfonamides is 1. The SMILES string of the molecule is Cc1c(C)c2c(c(C)c1S(=O)(=O)NCC1CCOCC1)Cc1ccccc1S2(=O)=O. The highest BCUT2D eigenvalue weighted by Crippen LogP contribution is 2.41. The molecular formula is C22H27NO5S2. The first-order valence-electron chi connectivity index (χ1n) is 10.2. The Kier molecular flexibility index (Phi) is 5.55. The fourth-order valence-corrected chi connectivity index (χ4v) is 8.35. The van der Waals surface area contributed by atoms with Crippen LogP contribution in [0.15, 0.2) is 39.0 Å². The van der Waals surface area contributed by atoms with E-state index >= 15 is 0 Å². The number of nitrogens with one attached hydrogen (secondary N) is 1. The van der Waals surface area contributed by atoms with E-state index in [1.54, 1.807) is 39.0 Å². The molecule has 0 saturated carbocycles. The van der Waals surface area contributed by atoms with E-state index in [2.05, 4.69) is 4.72 Å². The minimum Gasteiger partial charge on any atom is -0.381 e. The Morgan fingerprint density at radius 2 is 1.70 bits per heavy atom. The zero-order valence-corrected chi connectivity index (χ0v) is 19.1. The van der Waals surface area contributed by atoms with Gasteiger partial charge in [0.25, 0.3) is 0 Å². The van der Waals surface area contributed by atoms with Crippen molar-refractivity contribution in [3.8, 4) is 0 Å². The zero-order valence-electron chi connectivity index (χ0n) is 17.5. The molecule has 0 spiro atoms. The molecule has 2 aromatic carbocycles. The van der Waals surface area contributed by atoms with Crippen molar-refractivity contribution in [2.45, 2.75) is 54.7 Å². The number of fused-ring (bicyclic) bond motifs is 2. The van der Waals surface area contributed by atoms with Gasteiger partial charge in [-0.1, -0.05) is 18.2 Å². The van der Waals surface area contributed by atoms with Crippen LogP contribution in [-0.2, 0) is 31.0 Å². The van der Waals surface area contributed by atoms with Gasteiger partial charge in [0.1, 0.15) is 0 Å². The first kappa shape index (κ1) is 21.5. The number of benzene rings is 2. The second kappa shape index (κ2) is 7.75. The molecule has 0 atom stereocenters. The lowest BCUT2D eigenvalue weighted by Crippen LogP contribution is -2.33. The van der Waals surface area contributed by atoms with Gasteiger partial charge >= 0.3 is 0 Å². The summed E-state index contributed by atoms with van der Waals surface area (Å²) in [6.45, 7) is 6.79. The maximum absolute atomic E-state index is 13.3. The monoisotopic (exact) mass is 449 g/mol. The quantitative estimate of drug-likeness (QED) is 0.661. The van der Waals surface area contributed by atoms with Gasteiger partial charge in [-0.05, 0) is 73.4 Å². The molecule has 2 aromatic rings. The fraction of sp³-hybridized carbons (Fsp3) is 0.455. The van der Waals surface area contributed by atoms with Gasteiger partial charge in [0.05, 0.1) is 14.7 Å². The average molecular weight is 450 g/mol. The maximum atomic E-state index is 13.3. The smallest absolute Gasteiger partial charge is 0.241 e. The zero-order chi connectivity index (χ0) is 21.7. The second-order valence-corrected chi connectivity index (χ2v) is 11.8. The summed E-state index contributed by atoms with van der Waals surface area (Å²) >= 11 is 0. The molecule has 8 heteroatoms. The molecule has 1 saturated heterocycles. The third-order valence-electron chi connectivity index (χ3n) is 6.38. The van der Waals surface area contributed by atoms with E-state index in [9.17, 15) is 16.8 Å². The van der Waals surface area contributed by atoms with E-state index in [-0.39, 0.29) is 15.7 Å². The summed E-state index contributed by atoms with van der Waals surface area (Å²) in [5, 5.41) is 0. The first-order chi connectivity index (χ1) is 14.1. The number of hydrogen-bond donors (Lipinski definition) is 1. The third kappa shape index (κ3) is 3.49. The van der Waals surface area contributed by atoms with Crippen LogP contribution in [0, 0.1) is 26.7 Å². The highest BCUT2D eigenvalue weighted by Gasteiger charge is 2.36. The molecule has 1 N–H and O–H groups in total. The molecule has 30 heavy (non-hydrogen) atoms. The van der Waals surface area contributed by atoms with Crippen molar-refractivity contribution in [1.29, 1.82) is 0 Å².